The van der Waals surface area contributed by atoms with E-state index in [2.05, 4.69) is 0 Å². The number of carbonyl (C=O) groups is 1. The van der Waals surface area contributed by atoms with E-state index >= 15 is 0 Å². The Labute approximate surface area is 63.7 Å². The maximum atomic E-state index is 10.2. The third-order valence-corrected chi connectivity index (χ3v) is 4.35. The van der Waals surface area contributed by atoms with Crippen LogP contribution in [0.3, 0.4) is 0 Å². The minimum absolute atomic E-state index is 0.675. The first-order valence-electron chi connectivity index (χ1n) is 1.51. The van der Waals surface area contributed by atoms with Gasteiger partial charge in [-0.25, -0.2) is 8.42 Å². The van der Waals surface area contributed by atoms with Crippen LogP contribution < -0.4 is 0 Å². The maximum absolute atomic E-state index is 10.2. The number of rotatable bonds is 0. The van der Waals surface area contributed by atoms with Gasteiger partial charge in [-0.1, -0.05) is 0 Å². The normalized spacial score (nSPS) is 11.2. The molecule has 0 saturated heterocycles. The van der Waals surface area contributed by atoms with E-state index in [9.17, 15) is 13.2 Å². The number of sulfone groups is 1. The highest BCUT2D eigenvalue weighted by atomic mass is 127. The highest BCUT2D eigenvalue weighted by Crippen LogP contribution is 2.16. The molecule has 0 aliphatic carbocycles. The minimum Gasteiger partial charge on any atom is -0.268 e. The Balaban J connectivity index is 4.29. The second kappa shape index (κ2) is 3.02. The Morgan fingerprint density at radius 3 is 2.00 bits per heavy atom. The standard InChI is InChI=1S/C2H3IO3S2/c1-8(5,6)2(4)7-3/h1H3. The lowest BCUT2D eigenvalue weighted by Gasteiger charge is -1.85. The molecule has 0 atom stereocenters. The number of carbonyl (C=O) groups excluding carboxylic acids is 1. The Hall–Kier alpha value is 0.700. The monoisotopic (exact) mass is 266 g/mol. The molecule has 0 spiro atoms. The van der Waals surface area contributed by atoms with Crippen molar-refractivity contribution in [3.63, 3.8) is 0 Å². The predicted octanol–water partition coefficient (Wildman–Crippen LogP) is 1.23. The van der Waals surface area contributed by atoms with Gasteiger partial charge in [0.1, 0.15) is 0 Å². The summed E-state index contributed by atoms with van der Waals surface area (Å²) in [6, 6.07) is 0. The molecule has 0 unspecified atom stereocenters. The Bertz CT molecular complexity index is 181. The summed E-state index contributed by atoms with van der Waals surface area (Å²) in [7, 11) is -2.76. The van der Waals surface area contributed by atoms with Gasteiger partial charge in [-0.05, 0) is 0 Å². The summed E-state index contributed by atoms with van der Waals surface area (Å²) < 4.78 is 19.6. The van der Waals surface area contributed by atoms with E-state index in [1.165, 1.54) is 0 Å². The zero-order chi connectivity index (χ0) is 6.78. The summed E-state index contributed by atoms with van der Waals surface area (Å²) >= 11 is 1.63. The van der Waals surface area contributed by atoms with Gasteiger partial charge in [0.25, 0.3) is 0 Å². The second-order valence-corrected chi connectivity index (χ2v) is 5.12. The lowest BCUT2D eigenvalue weighted by Crippen LogP contribution is -2.03. The first-order valence-corrected chi connectivity index (χ1v) is 6.76. The van der Waals surface area contributed by atoms with E-state index in [0.717, 1.165) is 6.26 Å². The molecular weight excluding hydrogens is 263 g/mol. The van der Waals surface area contributed by atoms with Crippen LogP contribution in [0.4, 0.5) is 4.79 Å². The molecule has 0 rings (SSSR count). The summed E-state index contributed by atoms with van der Waals surface area (Å²) in [6.45, 7) is 0. The van der Waals surface area contributed by atoms with Crippen LogP contribution in [0.1, 0.15) is 0 Å². The van der Waals surface area contributed by atoms with Crippen molar-refractivity contribution in [1.82, 2.24) is 0 Å². The van der Waals surface area contributed by atoms with Gasteiger partial charge in [-0.2, -0.15) is 0 Å². The second-order valence-electron chi connectivity index (χ2n) is 1.10. The van der Waals surface area contributed by atoms with Gasteiger partial charge in [0, 0.05) is 36.4 Å². The molecule has 0 amide bonds. The zero-order valence-corrected chi connectivity index (χ0v) is 7.71. The molecule has 3 nitrogen and oxygen atoms in total. The van der Waals surface area contributed by atoms with Crippen LogP contribution >= 0.6 is 30.1 Å². The van der Waals surface area contributed by atoms with E-state index in [0.29, 0.717) is 8.93 Å². The van der Waals surface area contributed by atoms with Crippen LogP contribution in [-0.2, 0) is 9.84 Å². The molecule has 0 heterocycles. The molecular formula is C2H3IO3S2. The SMILES string of the molecule is CS(=O)(=O)C(=O)SI. The highest BCUT2D eigenvalue weighted by molar-refractivity contribution is 14.2. The summed E-state index contributed by atoms with van der Waals surface area (Å²) in [6.07, 6.45) is 0.890. The Morgan fingerprint density at radius 2 is 2.00 bits per heavy atom. The fourth-order valence-corrected chi connectivity index (χ4v) is 3.45. The van der Waals surface area contributed by atoms with Gasteiger partial charge < -0.3 is 0 Å². The Morgan fingerprint density at radius 1 is 1.62 bits per heavy atom. The summed E-state index contributed by atoms with van der Waals surface area (Å²) in [5.74, 6) is 0. The van der Waals surface area contributed by atoms with Crippen molar-refractivity contribution in [3.05, 3.63) is 0 Å². The smallest absolute Gasteiger partial charge is 0.268 e. The average Bonchev–Trinajstić information content (AvgIpc) is 1.62. The van der Waals surface area contributed by atoms with Crippen LogP contribution in [0, 0.1) is 0 Å². The van der Waals surface area contributed by atoms with Gasteiger partial charge in [0.05, 0.1) is 0 Å². The van der Waals surface area contributed by atoms with Crippen LogP contribution in [0.15, 0.2) is 0 Å². The van der Waals surface area contributed by atoms with E-state index in [1.54, 1.807) is 21.2 Å². The van der Waals surface area contributed by atoms with Gasteiger partial charge in [-0.15, -0.1) is 0 Å². The number of halogens is 1. The molecule has 0 aromatic rings. The third kappa shape index (κ3) is 2.88. The maximum Gasteiger partial charge on any atom is 0.312 e. The number of hydrogen-bond acceptors (Lipinski definition) is 4. The van der Waals surface area contributed by atoms with Gasteiger partial charge in [-0.3, -0.25) is 4.79 Å². The van der Waals surface area contributed by atoms with E-state index in [-0.39, 0.29) is 0 Å². The van der Waals surface area contributed by atoms with Crippen molar-refractivity contribution < 1.29 is 13.2 Å². The van der Waals surface area contributed by atoms with E-state index in [1.807, 2.05) is 0 Å². The lowest BCUT2D eigenvalue weighted by atomic mass is 11.8. The first kappa shape index (κ1) is 8.70. The van der Waals surface area contributed by atoms with Gasteiger partial charge >= 0.3 is 4.45 Å². The largest absolute Gasteiger partial charge is 0.312 e. The third-order valence-electron chi connectivity index (χ3n) is 0.366. The molecule has 0 saturated carbocycles. The van der Waals surface area contributed by atoms with Crippen LogP contribution in [0.25, 0.3) is 0 Å². The molecule has 48 valence electrons. The van der Waals surface area contributed by atoms with Crippen molar-refractivity contribution in [3.8, 4) is 0 Å². The lowest BCUT2D eigenvalue weighted by molar-refractivity contribution is 0.275. The zero-order valence-electron chi connectivity index (χ0n) is 3.92. The molecule has 0 radical (unpaired) electrons. The van der Waals surface area contributed by atoms with Gasteiger partial charge in [0.2, 0.25) is 9.84 Å². The van der Waals surface area contributed by atoms with Crippen molar-refractivity contribution in [2.45, 2.75) is 0 Å². The van der Waals surface area contributed by atoms with Crippen LogP contribution in [-0.4, -0.2) is 19.1 Å². The fraction of sp³-hybridized carbons (Fsp3) is 0.500. The van der Waals surface area contributed by atoms with Crippen LogP contribution in [0.5, 0.6) is 0 Å². The number of hydrogen-bond donors (Lipinski definition) is 0. The Kier molecular flexibility index (Phi) is 3.28. The molecule has 0 fully saturated rings. The topological polar surface area (TPSA) is 51.2 Å². The van der Waals surface area contributed by atoms with Crippen LogP contribution in [0.2, 0.25) is 0 Å². The molecule has 0 N–H and O–H groups in total. The molecule has 0 aromatic heterocycles. The van der Waals surface area contributed by atoms with Crippen molar-refractivity contribution >= 4 is 44.4 Å². The molecule has 6 heteroatoms. The summed E-state index contributed by atoms with van der Waals surface area (Å²) in [5.41, 5.74) is 0. The highest BCUT2D eigenvalue weighted by Gasteiger charge is 2.13. The predicted molar refractivity (Wildman–Crippen MR) is 41.9 cm³/mol. The summed E-state index contributed by atoms with van der Waals surface area (Å²) in [5, 5.41) is 0. The van der Waals surface area contributed by atoms with Crippen molar-refractivity contribution in [2.75, 3.05) is 6.26 Å². The minimum atomic E-state index is -3.44. The molecule has 8 heavy (non-hydrogen) atoms. The van der Waals surface area contributed by atoms with Crippen molar-refractivity contribution in [2.24, 2.45) is 0 Å². The van der Waals surface area contributed by atoms with E-state index < -0.39 is 14.3 Å². The molecule has 0 aromatic carbocycles. The van der Waals surface area contributed by atoms with Crippen molar-refractivity contribution in [1.29, 1.82) is 0 Å². The average molecular weight is 266 g/mol. The first-order chi connectivity index (χ1) is 3.48. The van der Waals surface area contributed by atoms with E-state index in [4.69, 9.17) is 0 Å². The molecule has 0 bridgehead atoms. The fourth-order valence-electron chi connectivity index (χ4n) is 0.0572. The van der Waals surface area contributed by atoms with Gasteiger partial charge in [0.15, 0.2) is 0 Å². The summed E-state index contributed by atoms with van der Waals surface area (Å²) in [4.78, 5) is 10.2. The molecule has 0 aliphatic rings. The quantitative estimate of drug-likeness (QED) is 0.619. The molecule has 0 aliphatic heterocycles.